The van der Waals surface area contributed by atoms with E-state index >= 15 is 0 Å². The summed E-state index contributed by atoms with van der Waals surface area (Å²) in [6.45, 7) is 0. The Morgan fingerprint density at radius 1 is 0.162 bits per heavy atom. The molecule has 0 radical (unpaired) electrons. The number of nitrogens with zero attached hydrogens (tertiary/aromatic N) is 2. The molecule has 0 aromatic heterocycles. The van der Waals surface area contributed by atoms with Crippen molar-refractivity contribution < 1.29 is 0 Å². The Morgan fingerprint density at radius 2 is 0.338 bits per heavy atom. The molecular weight excluding hydrogens is 821 g/mol. The number of anilines is 6. The predicted molar refractivity (Wildman–Crippen MR) is 296 cm³/mol. The Kier molecular flexibility index (Phi) is 14.8. The minimum atomic E-state index is 1.10. The monoisotopic (exact) mass is 872 g/mol. The Balaban J connectivity index is 0.823. The van der Waals surface area contributed by atoms with Crippen molar-refractivity contribution in [2.24, 2.45) is 0 Å². The summed E-state index contributed by atoms with van der Waals surface area (Å²) in [4.78, 5) is 4.59. The van der Waals surface area contributed by atoms with Crippen molar-refractivity contribution in [2.75, 3.05) is 9.80 Å². The van der Waals surface area contributed by atoms with Gasteiger partial charge in [-0.3, -0.25) is 0 Å². The highest BCUT2D eigenvalue weighted by molar-refractivity contribution is 5.81. The summed E-state index contributed by atoms with van der Waals surface area (Å²) in [7, 11) is 0. The number of rotatable bonds is 16. The lowest BCUT2D eigenvalue weighted by Gasteiger charge is -2.25. The maximum Gasteiger partial charge on any atom is 0.0462 e. The van der Waals surface area contributed by atoms with Crippen molar-refractivity contribution in [1.29, 1.82) is 0 Å². The SMILES string of the molecule is C(C=Cc1ccc(N(c2ccccc2)c2ccc(/C=C/c3ccc(/C=C/c4ccc(N(c5ccccc5)c5ccc(C=CC=Cc6ccccc6)cc5)cc4)cc3)cc2)cc1)=Cc1ccccc1. The molecule has 0 aliphatic rings. The second-order valence-corrected chi connectivity index (χ2v) is 16.3. The number of hydrogen-bond acceptors (Lipinski definition) is 2. The molecule has 0 N–H and O–H groups in total. The zero-order valence-corrected chi connectivity index (χ0v) is 37.9. The maximum atomic E-state index is 2.29. The molecule has 0 fully saturated rings. The van der Waals surface area contributed by atoms with Gasteiger partial charge < -0.3 is 9.80 Å². The number of hydrogen-bond donors (Lipinski definition) is 0. The van der Waals surface area contributed by atoms with Gasteiger partial charge in [-0.15, -0.1) is 0 Å². The Hall–Kier alpha value is -8.98. The van der Waals surface area contributed by atoms with E-state index in [0.29, 0.717) is 0 Å². The summed E-state index contributed by atoms with van der Waals surface area (Å²) in [5.41, 5.74) is 15.9. The van der Waals surface area contributed by atoms with Crippen LogP contribution in [0.5, 0.6) is 0 Å². The Morgan fingerprint density at radius 3 is 0.588 bits per heavy atom. The van der Waals surface area contributed by atoms with Gasteiger partial charge in [-0.2, -0.15) is 0 Å². The van der Waals surface area contributed by atoms with E-state index < -0.39 is 0 Å². The molecule has 0 bridgehead atoms. The van der Waals surface area contributed by atoms with Gasteiger partial charge in [-0.05, 0) is 117 Å². The van der Waals surface area contributed by atoms with Gasteiger partial charge in [0.15, 0.2) is 0 Å². The van der Waals surface area contributed by atoms with Gasteiger partial charge in [0.05, 0.1) is 0 Å². The van der Waals surface area contributed by atoms with E-state index in [4.69, 9.17) is 0 Å². The van der Waals surface area contributed by atoms with Gasteiger partial charge in [-0.1, -0.05) is 243 Å². The number of allylic oxidation sites excluding steroid dienone is 4. The smallest absolute Gasteiger partial charge is 0.0462 e. The van der Waals surface area contributed by atoms with Gasteiger partial charge in [0.1, 0.15) is 0 Å². The van der Waals surface area contributed by atoms with E-state index in [-0.39, 0.29) is 0 Å². The third-order valence-electron chi connectivity index (χ3n) is 11.5. The molecule has 68 heavy (non-hydrogen) atoms. The van der Waals surface area contributed by atoms with E-state index in [1.165, 1.54) is 11.1 Å². The second kappa shape index (κ2) is 22.8. The molecule has 0 saturated heterocycles. The molecule has 0 spiro atoms. The van der Waals surface area contributed by atoms with Gasteiger partial charge in [-0.25, -0.2) is 0 Å². The van der Waals surface area contributed by atoms with Crippen LogP contribution in [0.25, 0.3) is 48.6 Å². The first kappa shape index (κ1) is 44.2. The molecule has 9 rings (SSSR count). The lowest BCUT2D eigenvalue weighted by molar-refractivity contribution is 1.28. The fourth-order valence-electron chi connectivity index (χ4n) is 7.88. The zero-order chi connectivity index (χ0) is 46.0. The largest absolute Gasteiger partial charge is 0.311 e. The summed E-state index contributed by atoms with van der Waals surface area (Å²) in [5, 5.41) is 0. The van der Waals surface area contributed by atoms with Crippen LogP contribution in [0, 0.1) is 0 Å². The van der Waals surface area contributed by atoms with Crippen molar-refractivity contribution >= 4 is 82.7 Å². The van der Waals surface area contributed by atoms with E-state index in [2.05, 4.69) is 313 Å². The van der Waals surface area contributed by atoms with Crippen molar-refractivity contribution in [3.8, 4) is 0 Å². The summed E-state index contributed by atoms with van der Waals surface area (Å²) in [6.07, 6.45) is 25.5. The first-order valence-electron chi connectivity index (χ1n) is 23.1. The van der Waals surface area contributed by atoms with Crippen LogP contribution < -0.4 is 9.80 Å². The highest BCUT2D eigenvalue weighted by Crippen LogP contribution is 2.36. The van der Waals surface area contributed by atoms with E-state index in [9.17, 15) is 0 Å². The van der Waals surface area contributed by atoms with Crippen molar-refractivity contribution in [2.45, 2.75) is 0 Å². The molecule has 326 valence electrons. The van der Waals surface area contributed by atoms with Crippen LogP contribution in [-0.2, 0) is 0 Å². The number of para-hydroxylation sites is 2. The van der Waals surface area contributed by atoms with Crippen LogP contribution in [0.15, 0.2) is 267 Å². The maximum absolute atomic E-state index is 2.29. The fourth-order valence-corrected chi connectivity index (χ4v) is 7.88. The highest BCUT2D eigenvalue weighted by atomic mass is 15.1. The van der Waals surface area contributed by atoms with E-state index in [0.717, 1.165) is 67.5 Å². The van der Waals surface area contributed by atoms with Gasteiger partial charge in [0.25, 0.3) is 0 Å². The van der Waals surface area contributed by atoms with Crippen molar-refractivity contribution in [3.63, 3.8) is 0 Å². The van der Waals surface area contributed by atoms with Crippen LogP contribution in [-0.4, -0.2) is 0 Å². The topological polar surface area (TPSA) is 6.48 Å². The first-order chi connectivity index (χ1) is 33.7. The third kappa shape index (κ3) is 12.2. The molecule has 0 saturated carbocycles. The molecule has 0 aliphatic carbocycles. The summed E-state index contributed by atoms with van der Waals surface area (Å²) in [6, 6.07) is 85.3. The molecule has 0 atom stereocenters. The van der Waals surface area contributed by atoms with Crippen molar-refractivity contribution in [3.05, 3.63) is 311 Å². The quantitative estimate of drug-likeness (QED) is 0.0705. The normalized spacial score (nSPS) is 11.8. The summed E-state index contributed by atoms with van der Waals surface area (Å²) in [5.74, 6) is 0. The zero-order valence-electron chi connectivity index (χ0n) is 37.9. The van der Waals surface area contributed by atoms with E-state index in [1.807, 2.05) is 12.1 Å². The van der Waals surface area contributed by atoms with E-state index in [1.54, 1.807) is 0 Å². The lowest BCUT2D eigenvalue weighted by Crippen LogP contribution is -2.09. The molecule has 2 nitrogen and oxygen atoms in total. The van der Waals surface area contributed by atoms with Crippen LogP contribution in [0.4, 0.5) is 34.1 Å². The summed E-state index contributed by atoms with van der Waals surface area (Å²) >= 11 is 0. The van der Waals surface area contributed by atoms with Gasteiger partial charge in [0, 0.05) is 34.1 Å². The predicted octanol–water partition coefficient (Wildman–Crippen LogP) is 18.4. The van der Waals surface area contributed by atoms with Crippen LogP contribution >= 0.6 is 0 Å². The molecule has 0 amide bonds. The lowest BCUT2D eigenvalue weighted by atomic mass is 10.1. The van der Waals surface area contributed by atoms with Crippen LogP contribution in [0.2, 0.25) is 0 Å². The minimum absolute atomic E-state index is 1.10. The molecule has 2 heteroatoms. The molecule has 0 unspecified atom stereocenters. The van der Waals surface area contributed by atoms with Crippen molar-refractivity contribution in [1.82, 2.24) is 0 Å². The second-order valence-electron chi connectivity index (χ2n) is 16.3. The molecule has 0 heterocycles. The Labute approximate surface area is 402 Å². The first-order valence-corrected chi connectivity index (χ1v) is 23.1. The fraction of sp³-hybridized carbons (Fsp3) is 0. The highest BCUT2D eigenvalue weighted by Gasteiger charge is 2.13. The molecule has 9 aromatic carbocycles. The summed E-state index contributed by atoms with van der Waals surface area (Å²) < 4.78 is 0. The standard InChI is InChI=1S/C66H52N2/c1-5-17-53(18-6-1)21-13-15-23-55-37-45-63(46-38-55)67(61-25-9-3-10-26-61)65-49-41-59(42-50-65)35-33-57-29-31-58(32-30-57)34-36-60-43-51-66(52-44-60)68(62-27-11-4-12-28-62)64-47-39-56(40-48-64)24-16-14-22-54-19-7-2-8-20-54/h1-52H/b21-13?,22-14?,23-15?,24-16?,35-33+,36-34+. The minimum Gasteiger partial charge on any atom is -0.311 e. The van der Waals surface area contributed by atoms with Gasteiger partial charge in [0.2, 0.25) is 0 Å². The average molecular weight is 873 g/mol. The third-order valence-corrected chi connectivity index (χ3v) is 11.5. The molecular formula is C66H52N2. The molecule has 0 aliphatic heterocycles. The molecule has 9 aromatic rings. The average Bonchev–Trinajstić information content (AvgIpc) is 3.41. The van der Waals surface area contributed by atoms with Gasteiger partial charge >= 0.3 is 0 Å². The van der Waals surface area contributed by atoms with Crippen LogP contribution in [0.1, 0.15) is 44.5 Å². The van der Waals surface area contributed by atoms with Crippen LogP contribution in [0.3, 0.4) is 0 Å². The Bertz CT molecular complexity index is 2910. The number of benzene rings is 9.